The van der Waals surface area contributed by atoms with Gasteiger partial charge < -0.3 is 19.5 Å². The molecular formula is C25H29N3O2. The molecule has 1 fully saturated rings. The van der Waals surface area contributed by atoms with Crippen LogP contribution in [-0.2, 0) is 24.8 Å². The molecule has 1 aliphatic heterocycles. The van der Waals surface area contributed by atoms with Crippen LogP contribution < -0.4 is 5.32 Å². The molecule has 0 unspecified atom stereocenters. The number of carbonyl (C=O) groups is 1. The first-order chi connectivity index (χ1) is 14.6. The number of benzene rings is 2. The largest absolute Gasteiger partial charge is 0.449 e. The normalized spacial score (nSPS) is 23.2. The summed E-state index contributed by atoms with van der Waals surface area (Å²) in [6.07, 6.45) is 4.12. The van der Waals surface area contributed by atoms with Crippen molar-refractivity contribution < 1.29 is 9.53 Å². The Kier molecular flexibility index (Phi) is 4.99. The molecule has 1 aromatic heterocycles. The molecule has 0 spiro atoms. The molecule has 0 radical (unpaired) electrons. The van der Waals surface area contributed by atoms with E-state index in [4.69, 9.17) is 4.74 Å². The topological polar surface area (TPSA) is 46.5 Å². The van der Waals surface area contributed by atoms with Gasteiger partial charge in [-0.25, -0.2) is 4.79 Å². The van der Waals surface area contributed by atoms with Gasteiger partial charge in [0.2, 0.25) is 0 Å². The lowest BCUT2D eigenvalue weighted by atomic mass is 9.72. The summed E-state index contributed by atoms with van der Waals surface area (Å²) in [5.74, 6) is 0.836. The van der Waals surface area contributed by atoms with Crippen LogP contribution in [0.15, 0.2) is 54.7 Å². The number of aromatic nitrogens is 1. The van der Waals surface area contributed by atoms with Crippen molar-refractivity contribution in [1.29, 1.82) is 0 Å². The lowest BCUT2D eigenvalue weighted by molar-refractivity contribution is 0.0620. The third kappa shape index (κ3) is 3.47. The van der Waals surface area contributed by atoms with E-state index in [-0.39, 0.29) is 6.09 Å². The summed E-state index contributed by atoms with van der Waals surface area (Å²) in [6, 6.07) is 17.1. The van der Waals surface area contributed by atoms with Crippen LogP contribution in [-0.4, -0.2) is 41.8 Å². The first kappa shape index (κ1) is 19.2. The Morgan fingerprint density at radius 3 is 2.80 bits per heavy atom. The number of hydrogen-bond acceptors (Lipinski definition) is 3. The van der Waals surface area contributed by atoms with Gasteiger partial charge >= 0.3 is 6.09 Å². The Balaban J connectivity index is 1.25. The van der Waals surface area contributed by atoms with Crippen molar-refractivity contribution in [3.63, 3.8) is 0 Å². The highest BCUT2D eigenvalue weighted by Crippen LogP contribution is 2.44. The second-order valence-corrected chi connectivity index (χ2v) is 8.86. The van der Waals surface area contributed by atoms with Gasteiger partial charge in [-0.3, -0.25) is 0 Å². The molecule has 0 bridgehead atoms. The molecule has 3 aromatic rings. The number of nitrogens with one attached hydrogen (secondary N) is 1. The molecule has 3 atom stereocenters. The summed E-state index contributed by atoms with van der Waals surface area (Å²) >= 11 is 0. The first-order valence-electron chi connectivity index (χ1n) is 10.8. The van der Waals surface area contributed by atoms with Gasteiger partial charge in [0, 0.05) is 55.1 Å². The van der Waals surface area contributed by atoms with Gasteiger partial charge in [-0.1, -0.05) is 42.5 Å². The van der Waals surface area contributed by atoms with Crippen LogP contribution >= 0.6 is 0 Å². The Hall–Kier alpha value is -2.79. The minimum absolute atomic E-state index is 0.334. The molecule has 5 rings (SSSR count). The smallest absolute Gasteiger partial charge is 0.407 e. The van der Waals surface area contributed by atoms with E-state index in [2.05, 4.69) is 53.3 Å². The van der Waals surface area contributed by atoms with Crippen LogP contribution in [0, 0.1) is 5.92 Å². The van der Waals surface area contributed by atoms with Crippen molar-refractivity contribution >= 4 is 17.0 Å². The summed E-state index contributed by atoms with van der Waals surface area (Å²) in [6.45, 7) is 1.92. The summed E-state index contributed by atoms with van der Waals surface area (Å²) in [5, 5.41) is 4.30. The van der Waals surface area contributed by atoms with E-state index in [1.165, 1.54) is 22.0 Å². The maximum atomic E-state index is 12.2. The lowest BCUT2D eigenvalue weighted by Crippen LogP contribution is -2.49. The van der Waals surface area contributed by atoms with E-state index in [9.17, 15) is 4.79 Å². The number of ether oxygens (including phenoxy) is 1. The van der Waals surface area contributed by atoms with Gasteiger partial charge in [0.25, 0.3) is 0 Å². The number of aryl methyl sites for hydroxylation is 1. The second kappa shape index (κ2) is 7.80. The van der Waals surface area contributed by atoms with Crippen LogP contribution in [0.1, 0.15) is 29.0 Å². The molecule has 1 saturated heterocycles. The Morgan fingerprint density at radius 2 is 1.97 bits per heavy atom. The molecule has 2 heterocycles. The molecule has 1 amide bonds. The van der Waals surface area contributed by atoms with Crippen LogP contribution in [0.5, 0.6) is 0 Å². The zero-order valence-electron chi connectivity index (χ0n) is 17.7. The number of alkyl carbamates (subject to hydrolysis) is 1. The molecule has 5 heteroatoms. The van der Waals surface area contributed by atoms with E-state index in [1.54, 1.807) is 0 Å². The summed E-state index contributed by atoms with van der Waals surface area (Å²) in [5.41, 5.74) is 5.32. The average Bonchev–Trinajstić information content (AvgIpc) is 3.09. The van der Waals surface area contributed by atoms with E-state index in [0.29, 0.717) is 31.0 Å². The maximum absolute atomic E-state index is 12.2. The van der Waals surface area contributed by atoms with Gasteiger partial charge in [-0.2, -0.15) is 0 Å². The monoisotopic (exact) mass is 403 g/mol. The molecule has 30 heavy (non-hydrogen) atoms. The fourth-order valence-electron chi connectivity index (χ4n) is 5.47. The number of nitrogens with zero attached hydrogens (tertiary/aromatic N) is 2. The molecule has 156 valence electrons. The number of likely N-dealkylation sites (tertiary alicyclic amines) is 1. The maximum Gasteiger partial charge on any atom is 0.407 e. The van der Waals surface area contributed by atoms with E-state index in [1.807, 2.05) is 30.3 Å². The van der Waals surface area contributed by atoms with Crippen LogP contribution in [0.3, 0.4) is 0 Å². The second-order valence-electron chi connectivity index (χ2n) is 8.86. The van der Waals surface area contributed by atoms with Crippen molar-refractivity contribution in [2.24, 2.45) is 13.0 Å². The molecule has 1 N–H and O–H groups in total. The highest BCUT2D eigenvalue weighted by molar-refractivity contribution is 5.89. The van der Waals surface area contributed by atoms with Gasteiger partial charge in [-0.15, -0.1) is 0 Å². The minimum atomic E-state index is -0.334. The molecule has 2 aromatic carbocycles. The number of rotatable bonds is 4. The Morgan fingerprint density at radius 1 is 1.13 bits per heavy atom. The highest BCUT2D eigenvalue weighted by atomic mass is 16.5. The summed E-state index contributed by atoms with van der Waals surface area (Å²) < 4.78 is 7.85. The lowest BCUT2D eigenvalue weighted by Gasteiger charge is -2.45. The van der Waals surface area contributed by atoms with E-state index in [0.717, 1.165) is 24.9 Å². The van der Waals surface area contributed by atoms with Gasteiger partial charge in [0.1, 0.15) is 0 Å². The van der Waals surface area contributed by atoms with Crippen molar-refractivity contribution in [2.75, 3.05) is 20.2 Å². The zero-order valence-corrected chi connectivity index (χ0v) is 17.7. The fourth-order valence-corrected chi connectivity index (χ4v) is 5.47. The van der Waals surface area contributed by atoms with Gasteiger partial charge in [-0.05, 0) is 42.6 Å². The standard InChI is InChI=1S/C25H29N3O2/c1-27-14-18(16-30-25(29)26-13-17-7-4-3-5-8-17)11-21-20-9-6-10-22-24(20)19(12-23(21)27)15-28(22)2/h3-10,15,18,21,23H,11-14,16H2,1-2H3,(H,26,29)/t18-,21+,23+/m0/s1. The van der Waals surface area contributed by atoms with Crippen molar-refractivity contribution in [3.05, 3.63) is 71.4 Å². The van der Waals surface area contributed by atoms with Crippen molar-refractivity contribution in [3.8, 4) is 0 Å². The third-order valence-electron chi connectivity index (χ3n) is 6.85. The summed E-state index contributed by atoms with van der Waals surface area (Å²) in [4.78, 5) is 14.7. The molecule has 5 nitrogen and oxygen atoms in total. The zero-order chi connectivity index (χ0) is 20.7. The average molecular weight is 404 g/mol. The number of fused-ring (bicyclic) bond motifs is 2. The van der Waals surface area contributed by atoms with E-state index >= 15 is 0 Å². The van der Waals surface area contributed by atoms with E-state index < -0.39 is 0 Å². The van der Waals surface area contributed by atoms with Crippen LogP contribution in [0.2, 0.25) is 0 Å². The number of amides is 1. The number of piperidine rings is 1. The van der Waals surface area contributed by atoms with Crippen LogP contribution in [0.25, 0.3) is 10.9 Å². The molecule has 1 aliphatic carbocycles. The number of likely N-dealkylation sites (N-methyl/N-ethyl adjacent to an activating group) is 1. The predicted octanol–water partition coefficient (Wildman–Crippen LogP) is 4.06. The van der Waals surface area contributed by atoms with Gasteiger partial charge in [0.05, 0.1) is 6.61 Å². The first-order valence-corrected chi connectivity index (χ1v) is 10.8. The molecular weight excluding hydrogens is 374 g/mol. The van der Waals surface area contributed by atoms with Crippen molar-refractivity contribution in [1.82, 2.24) is 14.8 Å². The quantitative estimate of drug-likeness (QED) is 0.714. The predicted molar refractivity (Wildman–Crippen MR) is 119 cm³/mol. The number of hydrogen-bond donors (Lipinski definition) is 1. The minimum Gasteiger partial charge on any atom is -0.449 e. The SMILES string of the molecule is CN1C[C@@H](COC(=O)NCc2ccccc2)C[C@@H]2c3cccc4c3c(cn4C)C[C@H]21. The van der Waals surface area contributed by atoms with Gasteiger partial charge in [0.15, 0.2) is 0 Å². The Bertz CT molecular complexity index is 1060. The Labute approximate surface area is 177 Å². The third-order valence-corrected chi connectivity index (χ3v) is 6.85. The highest BCUT2D eigenvalue weighted by Gasteiger charge is 2.39. The molecule has 0 saturated carbocycles. The number of carbonyl (C=O) groups excluding carboxylic acids is 1. The van der Waals surface area contributed by atoms with Crippen molar-refractivity contribution in [2.45, 2.75) is 31.3 Å². The molecule has 2 aliphatic rings. The van der Waals surface area contributed by atoms with Crippen LogP contribution in [0.4, 0.5) is 4.79 Å². The fraction of sp³-hybridized carbons (Fsp3) is 0.400. The summed E-state index contributed by atoms with van der Waals surface area (Å²) in [7, 11) is 4.35.